The summed E-state index contributed by atoms with van der Waals surface area (Å²) in [4.78, 5) is 27.6. The van der Waals surface area contributed by atoms with Gasteiger partial charge in [-0.2, -0.15) is 0 Å². The number of rotatable bonds is 4. The maximum atomic E-state index is 12.9. The van der Waals surface area contributed by atoms with Crippen LogP contribution in [-0.2, 0) is 14.9 Å². The number of nitrogens with one attached hydrogen (secondary N) is 1. The molecular weight excluding hydrogens is 340 g/mol. The molecule has 0 radical (unpaired) electrons. The number of carbonyl (C=O) groups is 2. The molecule has 0 unspecified atom stereocenters. The molecule has 2 aromatic carbocycles. The van der Waals surface area contributed by atoms with Crippen LogP contribution in [0.1, 0.15) is 35.3 Å². The normalized spacial score (nSPS) is 14.7. The SMILES string of the molecule is Cc1c(NC(=O)C(C)(C)c2ccccc2)cccc1C(=O)N1CCOCC1. The Morgan fingerprint density at radius 2 is 1.67 bits per heavy atom. The Morgan fingerprint density at radius 1 is 1.00 bits per heavy atom. The van der Waals surface area contributed by atoms with Crippen LogP contribution < -0.4 is 5.32 Å². The first kappa shape index (κ1) is 19.1. The van der Waals surface area contributed by atoms with E-state index in [0.717, 1.165) is 11.1 Å². The summed E-state index contributed by atoms with van der Waals surface area (Å²) in [6, 6.07) is 15.1. The van der Waals surface area contributed by atoms with Crippen molar-refractivity contribution in [1.29, 1.82) is 0 Å². The fourth-order valence-electron chi connectivity index (χ4n) is 3.20. The summed E-state index contributed by atoms with van der Waals surface area (Å²) in [5.74, 6) is -0.123. The first-order chi connectivity index (χ1) is 12.9. The second-order valence-electron chi connectivity index (χ2n) is 7.33. The van der Waals surface area contributed by atoms with Crippen molar-refractivity contribution < 1.29 is 14.3 Å². The van der Waals surface area contributed by atoms with E-state index >= 15 is 0 Å². The second kappa shape index (κ2) is 7.92. The van der Waals surface area contributed by atoms with E-state index in [1.165, 1.54) is 0 Å². The summed E-state index contributed by atoms with van der Waals surface area (Å²) in [5.41, 5.74) is 2.33. The maximum Gasteiger partial charge on any atom is 0.254 e. The highest BCUT2D eigenvalue weighted by Gasteiger charge is 2.30. The van der Waals surface area contributed by atoms with E-state index in [1.807, 2.05) is 69.3 Å². The third kappa shape index (κ3) is 4.03. The molecule has 27 heavy (non-hydrogen) atoms. The summed E-state index contributed by atoms with van der Waals surface area (Å²) in [7, 11) is 0. The molecule has 1 fully saturated rings. The van der Waals surface area contributed by atoms with Crippen LogP contribution >= 0.6 is 0 Å². The van der Waals surface area contributed by atoms with E-state index in [-0.39, 0.29) is 11.8 Å². The van der Waals surface area contributed by atoms with E-state index in [0.29, 0.717) is 37.6 Å². The minimum Gasteiger partial charge on any atom is -0.378 e. The van der Waals surface area contributed by atoms with Gasteiger partial charge in [0, 0.05) is 24.3 Å². The van der Waals surface area contributed by atoms with Crippen molar-refractivity contribution in [2.45, 2.75) is 26.2 Å². The Labute approximate surface area is 160 Å². The lowest BCUT2D eigenvalue weighted by Crippen LogP contribution is -2.41. The van der Waals surface area contributed by atoms with E-state index in [9.17, 15) is 9.59 Å². The second-order valence-corrected chi connectivity index (χ2v) is 7.33. The number of morpholine rings is 1. The quantitative estimate of drug-likeness (QED) is 0.902. The number of anilines is 1. The molecule has 0 saturated carbocycles. The fourth-order valence-corrected chi connectivity index (χ4v) is 3.20. The van der Waals surface area contributed by atoms with Crippen LogP contribution in [0.5, 0.6) is 0 Å². The van der Waals surface area contributed by atoms with Gasteiger partial charge in [-0.25, -0.2) is 0 Å². The van der Waals surface area contributed by atoms with Crippen LogP contribution in [0.2, 0.25) is 0 Å². The van der Waals surface area contributed by atoms with Crippen LogP contribution in [0.25, 0.3) is 0 Å². The largest absolute Gasteiger partial charge is 0.378 e. The lowest BCUT2D eigenvalue weighted by atomic mass is 9.83. The fraction of sp³-hybridized carbons (Fsp3) is 0.364. The van der Waals surface area contributed by atoms with Crippen LogP contribution in [0.3, 0.4) is 0 Å². The standard InChI is InChI=1S/C22H26N2O3/c1-16-18(20(25)24-12-14-27-15-13-24)10-7-11-19(16)23-21(26)22(2,3)17-8-5-4-6-9-17/h4-11H,12-15H2,1-3H3,(H,23,26). The van der Waals surface area contributed by atoms with Crippen molar-refractivity contribution in [3.8, 4) is 0 Å². The average Bonchev–Trinajstić information content (AvgIpc) is 2.70. The van der Waals surface area contributed by atoms with Crippen molar-refractivity contribution >= 4 is 17.5 Å². The zero-order chi connectivity index (χ0) is 19.4. The predicted molar refractivity (Wildman–Crippen MR) is 106 cm³/mol. The number of carbonyl (C=O) groups excluding carboxylic acids is 2. The van der Waals surface area contributed by atoms with E-state index in [2.05, 4.69) is 5.32 Å². The topological polar surface area (TPSA) is 58.6 Å². The zero-order valence-electron chi connectivity index (χ0n) is 16.1. The number of hydrogen-bond donors (Lipinski definition) is 1. The van der Waals surface area contributed by atoms with Crippen molar-refractivity contribution in [3.63, 3.8) is 0 Å². The summed E-state index contributed by atoms with van der Waals surface area (Å²) in [6.45, 7) is 7.98. The molecule has 3 rings (SSSR count). The van der Waals surface area contributed by atoms with Gasteiger partial charge in [0.1, 0.15) is 0 Å². The van der Waals surface area contributed by atoms with Crippen LogP contribution in [0, 0.1) is 6.92 Å². The molecule has 0 bridgehead atoms. The minimum absolute atomic E-state index is 0.0192. The number of hydrogen-bond acceptors (Lipinski definition) is 3. The van der Waals surface area contributed by atoms with Gasteiger partial charge in [0.15, 0.2) is 0 Å². The molecular formula is C22H26N2O3. The highest BCUT2D eigenvalue weighted by Crippen LogP contribution is 2.27. The minimum atomic E-state index is -0.683. The Hall–Kier alpha value is -2.66. The van der Waals surface area contributed by atoms with Crippen molar-refractivity contribution in [2.75, 3.05) is 31.6 Å². The molecule has 0 aliphatic carbocycles. The van der Waals surface area contributed by atoms with Gasteiger partial charge in [-0.05, 0) is 44.0 Å². The van der Waals surface area contributed by atoms with Crippen LogP contribution in [-0.4, -0.2) is 43.0 Å². The van der Waals surface area contributed by atoms with Gasteiger partial charge in [-0.15, -0.1) is 0 Å². The number of benzene rings is 2. The molecule has 1 heterocycles. The Balaban J connectivity index is 1.81. The Bertz CT molecular complexity index is 825. The summed E-state index contributed by atoms with van der Waals surface area (Å²) in [6.07, 6.45) is 0. The number of nitrogens with zero attached hydrogens (tertiary/aromatic N) is 1. The van der Waals surface area contributed by atoms with Gasteiger partial charge in [0.05, 0.1) is 18.6 Å². The molecule has 1 aliphatic rings. The summed E-state index contributed by atoms with van der Waals surface area (Å²) in [5, 5.41) is 3.01. The highest BCUT2D eigenvalue weighted by atomic mass is 16.5. The van der Waals surface area contributed by atoms with E-state index < -0.39 is 5.41 Å². The summed E-state index contributed by atoms with van der Waals surface area (Å²) >= 11 is 0. The molecule has 142 valence electrons. The lowest BCUT2D eigenvalue weighted by Gasteiger charge is -2.28. The van der Waals surface area contributed by atoms with E-state index in [4.69, 9.17) is 4.74 Å². The average molecular weight is 366 g/mol. The number of amides is 2. The van der Waals surface area contributed by atoms with Gasteiger partial charge >= 0.3 is 0 Å². The van der Waals surface area contributed by atoms with Crippen LogP contribution in [0.4, 0.5) is 5.69 Å². The third-order valence-corrected chi connectivity index (χ3v) is 5.17. The molecule has 0 aromatic heterocycles. The molecule has 5 nitrogen and oxygen atoms in total. The third-order valence-electron chi connectivity index (χ3n) is 5.17. The molecule has 1 aliphatic heterocycles. The molecule has 5 heteroatoms. The Kier molecular flexibility index (Phi) is 5.61. The highest BCUT2D eigenvalue weighted by molar-refractivity contribution is 6.02. The first-order valence-corrected chi connectivity index (χ1v) is 9.25. The zero-order valence-corrected chi connectivity index (χ0v) is 16.1. The first-order valence-electron chi connectivity index (χ1n) is 9.25. The van der Waals surface area contributed by atoms with Crippen molar-refractivity contribution in [1.82, 2.24) is 4.90 Å². The van der Waals surface area contributed by atoms with Crippen molar-refractivity contribution in [3.05, 3.63) is 65.2 Å². The van der Waals surface area contributed by atoms with Gasteiger partial charge in [-0.3, -0.25) is 9.59 Å². The summed E-state index contributed by atoms with van der Waals surface area (Å²) < 4.78 is 5.32. The van der Waals surface area contributed by atoms with E-state index in [1.54, 1.807) is 4.90 Å². The molecule has 1 N–H and O–H groups in total. The molecule has 2 aromatic rings. The van der Waals surface area contributed by atoms with Gasteiger partial charge in [-0.1, -0.05) is 36.4 Å². The molecule has 2 amide bonds. The smallest absolute Gasteiger partial charge is 0.254 e. The Morgan fingerprint density at radius 3 is 2.33 bits per heavy atom. The monoisotopic (exact) mass is 366 g/mol. The molecule has 0 atom stereocenters. The maximum absolute atomic E-state index is 12.9. The van der Waals surface area contributed by atoms with Crippen LogP contribution in [0.15, 0.2) is 48.5 Å². The number of ether oxygens (including phenoxy) is 1. The predicted octanol–water partition coefficient (Wildman–Crippen LogP) is 3.38. The van der Waals surface area contributed by atoms with Gasteiger partial charge < -0.3 is 15.0 Å². The molecule has 0 spiro atoms. The van der Waals surface area contributed by atoms with Gasteiger partial charge in [0.2, 0.25) is 5.91 Å². The van der Waals surface area contributed by atoms with Gasteiger partial charge in [0.25, 0.3) is 5.91 Å². The molecule has 1 saturated heterocycles. The van der Waals surface area contributed by atoms with Crippen molar-refractivity contribution in [2.24, 2.45) is 0 Å². The lowest BCUT2D eigenvalue weighted by molar-refractivity contribution is -0.120.